The molecule has 0 fully saturated rings. The van der Waals surface area contributed by atoms with Crippen LogP contribution in [0, 0.1) is 0 Å². The Bertz CT molecular complexity index is 1640. The lowest BCUT2D eigenvalue weighted by atomic mass is 10.1. The predicted molar refractivity (Wildman–Crippen MR) is 163 cm³/mol. The Morgan fingerprint density at radius 1 is 0.974 bits per heavy atom. The largest absolute Gasteiger partial charge is 0.399 e. The zero-order valence-corrected chi connectivity index (χ0v) is 24.1. The van der Waals surface area contributed by atoms with Gasteiger partial charge in [0.1, 0.15) is 12.1 Å². The highest BCUT2D eigenvalue weighted by molar-refractivity contribution is 9.10. The van der Waals surface area contributed by atoms with Crippen molar-refractivity contribution in [1.29, 1.82) is 0 Å². The van der Waals surface area contributed by atoms with E-state index in [-0.39, 0.29) is 11.8 Å². The molecule has 0 aliphatic rings. The first kappa shape index (κ1) is 26.6. The summed E-state index contributed by atoms with van der Waals surface area (Å²) in [5, 5.41) is 3.81. The lowest BCUT2D eigenvalue weighted by molar-refractivity contribution is 0.102. The average molecular weight is 600 g/mol. The summed E-state index contributed by atoms with van der Waals surface area (Å²) in [6, 6.07) is 24.9. The number of nitrogens with one attached hydrogen (secondary N) is 1. The Kier molecular flexibility index (Phi) is 7.81. The van der Waals surface area contributed by atoms with Gasteiger partial charge in [0.25, 0.3) is 5.91 Å². The Morgan fingerprint density at radius 3 is 2.44 bits per heavy atom. The second-order valence-corrected chi connectivity index (χ2v) is 11.4. The maximum Gasteiger partial charge on any atom is 0.255 e. The van der Waals surface area contributed by atoms with Crippen LogP contribution in [0.1, 0.15) is 35.8 Å². The fraction of sp³-hybridized carbons (Fsp3) is 0.133. The van der Waals surface area contributed by atoms with Gasteiger partial charge >= 0.3 is 0 Å². The molecule has 0 unspecified atom stereocenters. The molecule has 0 aliphatic heterocycles. The van der Waals surface area contributed by atoms with Gasteiger partial charge in [-0.05, 0) is 84.8 Å². The van der Waals surface area contributed by atoms with Gasteiger partial charge in [0.2, 0.25) is 0 Å². The van der Waals surface area contributed by atoms with Crippen LogP contribution in [0.15, 0.2) is 99.5 Å². The quantitative estimate of drug-likeness (QED) is 0.185. The number of carbonyl (C=O) groups is 1. The molecule has 7 nitrogen and oxygen atoms in total. The number of amides is 1. The van der Waals surface area contributed by atoms with E-state index in [1.165, 1.54) is 6.33 Å². The number of rotatable bonds is 7. The van der Waals surface area contributed by atoms with E-state index in [4.69, 9.17) is 10.7 Å². The van der Waals surface area contributed by atoms with E-state index in [2.05, 4.69) is 45.1 Å². The predicted octanol–water partition coefficient (Wildman–Crippen LogP) is 7.66. The summed E-state index contributed by atoms with van der Waals surface area (Å²) in [6.45, 7) is 4.21. The van der Waals surface area contributed by atoms with Gasteiger partial charge in [-0.2, -0.15) is 0 Å². The second-order valence-electron chi connectivity index (χ2n) is 9.33. The molecule has 0 spiro atoms. The molecule has 0 atom stereocenters. The molecule has 2 heterocycles. The average Bonchev–Trinajstić information content (AvgIpc) is 2.94. The summed E-state index contributed by atoms with van der Waals surface area (Å²) in [5.41, 5.74) is 10.3. The molecule has 1 amide bonds. The minimum Gasteiger partial charge on any atom is -0.399 e. The van der Waals surface area contributed by atoms with E-state index in [9.17, 15) is 4.79 Å². The lowest BCUT2D eigenvalue weighted by Gasteiger charge is -2.23. The van der Waals surface area contributed by atoms with Gasteiger partial charge < -0.3 is 16.0 Å². The zero-order valence-electron chi connectivity index (χ0n) is 21.7. The molecule has 3 N–H and O–H groups in total. The number of aromatic nitrogens is 3. The maximum atomic E-state index is 13.2. The van der Waals surface area contributed by atoms with Crippen molar-refractivity contribution in [3.05, 3.63) is 101 Å². The first-order chi connectivity index (χ1) is 18.8. The van der Waals surface area contributed by atoms with Gasteiger partial charge in [0.15, 0.2) is 5.65 Å². The van der Waals surface area contributed by atoms with Crippen LogP contribution in [0.3, 0.4) is 0 Å². The molecule has 0 saturated heterocycles. The van der Waals surface area contributed by atoms with Crippen LogP contribution in [0.5, 0.6) is 0 Å². The van der Waals surface area contributed by atoms with Crippen LogP contribution in [-0.2, 0) is 0 Å². The fourth-order valence-corrected chi connectivity index (χ4v) is 5.28. The van der Waals surface area contributed by atoms with Crippen molar-refractivity contribution in [2.75, 3.05) is 23.0 Å². The van der Waals surface area contributed by atoms with Crippen molar-refractivity contribution >= 4 is 67.5 Å². The number of nitrogen functional groups attached to an aromatic ring is 1. The highest BCUT2D eigenvalue weighted by Crippen LogP contribution is 2.39. The van der Waals surface area contributed by atoms with Gasteiger partial charge in [-0.15, -0.1) is 0 Å². The van der Waals surface area contributed by atoms with Crippen molar-refractivity contribution in [3.63, 3.8) is 0 Å². The first-order valence-electron chi connectivity index (χ1n) is 12.4. The lowest BCUT2D eigenvalue weighted by Crippen LogP contribution is -2.16. The van der Waals surface area contributed by atoms with Crippen molar-refractivity contribution in [2.24, 2.45) is 0 Å². The van der Waals surface area contributed by atoms with Crippen LogP contribution >= 0.6 is 27.7 Å². The van der Waals surface area contributed by atoms with Crippen LogP contribution in [0.2, 0.25) is 0 Å². The zero-order chi connectivity index (χ0) is 27.5. The van der Waals surface area contributed by atoms with E-state index in [1.54, 1.807) is 11.8 Å². The number of benzene rings is 3. The number of anilines is 4. The first-order valence-corrected chi connectivity index (χ1v) is 14.0. The number of halogens is 1. The molecule has 0 radical (unpaired) electrons. The smallest absolute Gasteiger partial charge is 0.255 e. The second kappa shape index (κ2) is 11.4. The third-order valence-corrected chi connectivity index (χ3v) is 7.80. The molecule has 0 bridgehead atoms. The Balaban J connectivity index is 1.56. The molecule has 5 rings (SSSR count). The minimum absolute atomic E-state index is 0.202. The molecule has 3 aromatic carbocycles. The highest BCUT2D eigenvalue weighted by Gasteiger charge is 2.19. The Hall–Kier alpha value is -3.95. The fourth-order valence-electron chi connectivity index (χ4n) is 4.05. The normalized spacial score (nSPS) is 11.1. The van der Waals surface area contributed by atoms with Crippen molar-refractivity contribution in [3.8, 4) is 0 Å². The van der Waals surface area contributed by atoms with Crippen molar-refractivity contribution in [1.82, 2.24) is 15.0 Å². The number of nitrogens with zero attached hydrogens (tertiary/aromatic N) is 4. The van der Waals surface area contributed by atoms with Crippen molar-refractivity contribution < 1.29 is 4.79 Å². The monoisotopic (exact) mass is 598 g/mol. The topological polar surface area (TPSA) is 97.0 Å². The van der Waals surface area contributed by atoms with E-state index in [0.29, 0.717) is 28.4 Å². The molecule has 2 aromatic heterocycles. The van der Waals surface area contributed by atoms with E-state index in [0.717, 1.165) is 31.0 Å². The van der Waals surface area contributed by atoms with E-state index in [1.807, 2.05) is 90.8 Å². The van der Waals surface area contributed by atoms with E-state index >= 15 is 0 Å². The van der Waals surface area contributed by atoms with Crippen LogP contribution in [0.4, 0.5) is 22.9 Å². The summed E-state index contributed by atoms with van der Waals surface area (Å²) >= 11 is 5.02. The molecule has 0 saturated carbocycles. The summed E-state index contributed by atoms with van der Waals surface area (Å²) in [6.07, 6.45) is 1.53. The maximum absolute atomic E-state index is 13.2. The molecule has 39 heavy (non-hydrogen) atoms. The molecule has 5 aromatic rings. The number of pyridine rings is 1. The standard InChI is InChI=1S/C30H27BrN6OS/c1-18(2)25-14-13-24-28(36-25)33-17-34-29(24)37(3)26-16-19(30(38)35-22-9-5-20(31)6-10-22)4-15-27(26)39-23-11-7-21(32)8-12-23/h4-18H,32H2,1-3H3,(H,35,38). The number of carbonyl (C=O) groups excluding carboxylic acids is 1. The molecular weight excluding hydrogens is 572 g/mol. The molecule has 196 valence electrons. The van der Waals surface area contributed by atoms with Crippen LogP contribution in [-0.4, -0.2) is 27.9 Å². The summed E-state index contributed by atoms with van der Waals surface area (Å²) < 4.78 is 0.945. The van der Waals surface area contributed by atoms with Gasteiger partial charge in [-0.25, -0.2) is 15.0 Å². The van der Waals surface area contributed by atoms with Gasteiger partial charge in [-0.3, -0.25) is 4.79 Å². The van der Waals surface area contributed by atoms with Crippen LogP contribution in [0.25, 0.3) is 11.0 Å². The van der Waals surface area contributed by atoms with Gasteiger partial charge in [0.05, 0.1) is 11.1 Å². The Morgan fingerprint density at radius 2 is 1.72 bits per heavy atom. The van der Waals surface area contributed by atoms with Crippen molar-refractivity contribution in [2.45, 2.75) is 29.6 Å². The number of hydrogen-bond acceptors (Lipinski definition) is 7. The SMILES string of the molecule is CC(C)c1ccc2c(N(C)c3cc(C(=O)Nc4ccc(Br)cc4)ccc3Sc3ccc(N)cc3)ncnc2n1. The highest BCUT2D eigenvalue weighted by atomic mass is 79.9. The Labute approximate surface area is 240 Å². The summed E-state index contributed by atoms with van der Waals surface area (Å²) in [5.74, 6) is 0.786. The van der Waals surface area contributed by atoms with E-state index < -0.39 is 0 Å². The number of fused-ring (bicyclic) bond motifs is 1. The molecule has 0 aliphatic carbocycles. The van der Waals surface area contributed by atoms with Crippen LogP contribution < -0.4 is 16.0 Å². The third-order valence-electron chi connectivity index (χ3n) is 6.20. The van der Waals surface area contributed by atoms with Gasteiger partial charge in [-0.1, -0.05) is 41.5 Å². The third kappa shape index (κ3) is 6.05. The number of nitrogens with two attached hydrogens (primary N) is 1. The number of hydrogen-bond donors (Lipinski definition) is 2. The molecule has 9 heteroatoms. The minimum atomic E-state index is -0.202. The summed E-state index contributed by atoms with van der Waals surface area (Å²) in [7, 11) is 1.94. The van der Waals surface area contributed by atoms with Gasteiger partial charge in [0, 0.05) is 43.9 Å². The molecular formula is C30H27BrN6OS. The summed E-state index contributed by atoms with van der Waals surface area (Å²) in [4.78, 5) is 31.0.